The van der Waals surface area contributed by atoms with Gasteiger partial charge in [-0.3, -0.25) is 4.90 Å². The molecule has 1 aromatic rings. The summed E-state index contributed by atoms with van der Waals surface area (Å²) in [6.45, 7) is 10.1. The molecule has 1 fully saturated rings. The fourth-order valence-corrected chi connectivity index (χ4v) is 2.74. The first kappa shape index (κ1) is 17.8. The SMILES string of the molecule is CCNC(=NCc1ccc(C)cc1)NCC1CN(C)CCN1C. The number of aliphatic imine (C=N–C) groups is 1. The molecule has 0 aliphatic carbocycles. The molecular weight excluding hydrogens is 286 g/mol. The van der Waals surface area contributed by atoms with Crippen molar-refractivity contribution in [2.45, 2.75) is 26.4 Å². The zero-order chi connectivity index (χ0) is 16.7. The Morgan fingerprint density at radius 2 is 1.91 bits per heavy atom. The van der Waals surface area contributed by atoms with E-state index in [1.807, 2.05) is 0 Å². The van der Waals surface area contributed by atoms with Crippen molar-refractivity contribution in [1.29, 1.82) is 0 Å². The quantitative estimate of drug-likeness (QED) is 0.634. The maximum absolute atomic E-state index is 4.70. The molecule has 2 rings (SSSR count). The van der Waals surface area contributed by atoms with Crippen LogP contribution in [0.4, 0.5) is 0 Å². The molecule has 0 saturated carbocycles. The predicted octanol–water partition coefficient (Wildman–Crippen LogP) is 1.30. The van der Waals surface area contributed by atoms with E-state index in [1.165, 1.54) is 11.1 Å². The molecule has 2 N–H and O–H groups in total. The molecule has 5 heteroatoms. The molecule has 1 aliphatic heterocycles. The molecule has 0 amide bonds. The summed E-state index contributed by atoms with van der Waals surface area (Å²) in [5.41, 5.74) is 2.52. The fraction of sp³-hybridized carbons (Fsp3) is 0.611. The predicted molar refractivity (Wildman–Crippen MR) is 97.9 cm³/mol. The highest BCUT2D eigenvalue weighted by Crippen LogP contribution is 2.06. The Labute approximate surface area is 140 Å². The van der Waals surface area contributed by atoms with Gasteiger partial charge in [-0.1, -0.05) is 29.8 Å². The molecule has 1 heterocycles. The van der Waals surface area contributed by atoms with Crippen molar-refractivity contribution in [2.75, 3.05) is 46.8 Å². The highest BCUT2D eigenvalue weighted by Gasteiger charge is 2.21. The van der Waals surface area contributed by atoms with Crippen LogP contribution in [-0.4, -0.2) is 68.6 Å². The smallest absolute Gasteiger partial charge is 0.191 e. The van der Waals surface area contributed by atoms with E-state index in [0.717, 1.165) is 38.7 Å². The first-order valence-electron chi connectivity index (χ1n) is 8.55. The third kappa shape index (κ3) is 5.84. The Kier molecular flexibility index (Phi) is 6.86. The Balaban J connectivity index is 1.89. The molecule has 1 saturated heterocycles. The van der Waals surface area contributed by atoms with Gasteiger partial charge in [-0.2, -0.15) is 0 Å². The average molecular weight is 317 g/mol. The normalized spacial score (nSPS) is 20.5. The monoisotopic (exact) mass is 317 g/mol. The van der Waals surface area contributed by atoms with Gasteiger partial charge in [-0.15, -0.1) is 0 Å². The molecule has 128 valence electrons. The first-order chi connectivity index (χ1) is 11.1. The number of rotatable bonds is 5. The number of guanidine groups is 1. The van der Waals surface area contributed by atoms with Crippen molar-refractivity contribution in [1.82, 2.24) is 20.4 Å². The lowest BCUT2D eigenvalue weighted by molar-refractivity contribution is 0.116. The number of benzene rings is 1. The lowest BCUT2D eigenvalue weighted by atomic mass is 10.1. The molecule has 1 unspecified atom stereocenters. The Hall–Kier alpha value is -1.59. The van der Waals surface area contributed by atoms with Gasteiger partial charge in [0.25, 0.3) is 0 Å². The van der Waals surface area contributed by atoms with E-state index in [9.17, 15) is 0 Å². The van der Waals surface area contributed by atoms with Gasteiger partial charge in [0.05, 0.1) is 6.54 Å². The zero-order valence-electron chi connectivity index (χ0n) is 15.0. The van der Waals surface area contributed by atoms with Gasteiger partial charge in [0.2, 0.25) is 0 Å². The summed E-state index contributed by atoms with van der Waals surface area (Å²) in [5.74, 6) is 0.898. The van der Waals surface area contributed by atoms with E-state index in [2.05, 4.69) is 72.6 Å². The van der Waals surface area contributed by atoms with E-state index in [4.69, 9.17) is 4.99 Å². The zero-order valence-corrected chi connectivity index (χ0v) is 15.0. The number of nitrogens with one attached hydrogen (secondary N) is 2. The Morgan fingerprint density at radius 3 is 2.61 bits per heavy atom. The van der Waals surface area contributed by atoms with Gasteiger partial charge < -0.3 is 15.5 Å². The molecule has 1 aliphatic rings. The van der Waals surface area contributed by atoms with Gasteiger partial charge in [0.1, 0.15) is 0 Å². The second-order valence-electron chi connectivity index (χ2n) is 6.46. The van der Waals surface area contributed by atoms with Gasteiger partial charge in [-0.25, -0.2) is 4.99 Å². The molecule has 0 radical (unpaired) electrons. The minimum atomic E-state index is 0.525. The van der Waals surface area contributed by atoms with Gasteiger partial charge in [0.15, 0.2) is 5.96 Å². The third-order valence-electron chi connectivity index (χ3n) is 4.37. The molecular formula is C18H31N5. The van der Waals surface area contributed by atoms with Crippen LogP contribution in [0.5, 0.6) is 0 Å². The van der Waals surface area contributed by atoms with Crippen LogP contribution in [0.15, 0.2) is 29.3 Å². The molecule has 5 nitrogen and oxygen atoms in total. The number of aryl methyl sites for hydroxylation is 1. The topological polar surface area (TPSA) is 42.9 Å². The van der Waals surface area contributed by atoms with Crippen molar-refractivity contribution in [3.63, 3.8) is 0 Å². The average Bonchev–Trinajstić information content (AvgIpc) is 2.54. The van der Waals surface area contributed by atoms with Crippen LogP contribution in [0.2, 0.25) is 0 Å². The minimum absolute atomic E-state index is 0.525. The van der Waals surface area contributed by atoms with E-state index in [0.29, 0.717) is 12.6 Å². The highest BCUT2D eigenvalue weighted by atomic mass is 15.3. The van der Waals surface area contributed by atoms with Crippen LogP contribution in [0.1, 0.15) is 18.1 Å². The van der Waals surface area contributed by atoms with E-state index in [1.54, 1.807) is 0 Å². The van der Waals surface area contributed by atoms with Crippen LogP contribution in [0.25, 0.3) is 0 Å². The maximum Gasteiger partial charge on any atom is 0.191 e. The number of hydrogen-bond donors (Lipinski definition) is 2. The highest BCUT2D eigenvalue weighted by molar-refractivity contribution is 5.79. The summed E-state index contributed by atoms with van der Waals surface area (Å²) in [4.78, 5) is 9.52. The molecule has 1 aromatic carbocycles. The van der Waals surface area contributed by atoms with Crippen molar-refractivity contribution in [2.24, 2.45) is 4.99 Å². The second-order valence-corrected chi connectivity index (χ2v) is 6.46. The summed E-state index contributed by atoms with van der Waals surface area (Å²) in [5, 5.41) is 6.83. The summed E-state index contributed by atoms with van der Waals surface area (Å²) >= 11 is 0. The largest absolute Gasteiger partial charge is 0.357 e. The van der Waals surface area contributed by atoms with Crippen LogP contribution in [0.3, 0.4) is 0 Å². The van der Waals surface area contributed by atoms with Crippen LogP contribution >= 0.6 is 0 Å². The molecule has 0 bridgehead atoms. The number of hydrogen-bond acceptors (Lipinski definition) is 3. The van der Waals surface area contributed by atoms with Crippen molar-refractivity contribution in [3.8, 4) is 0 Å². The van der Waals surface area contributed by atoms with Crippen LogP contribution in [-0.2, 0) is 6.54 Å². The summed E-state index contributed by atoms with van der Waals surface area (Å²) in [6.07, 6.45) is 0. The maximum atomic E-state index is 4.70. The van der Waals surface area contributed by atoms with Crippen LogP contribution < -0.4 is 10.6 Å². The summed E-state index contributed by atoms with van der Waals surface area (Å²) in [6, 6.07) is 9.09. The molecule has 0 aromatic heterocycles. The van der Waals surface area contributed by atoms with E-state index < -0.39 is 0 Å². The van der Waals surface area contributed by atoms with E-state index >= 15 is 0 Å². The third-order valence-corrected chi connectivity index (χ3v) is 4.37. The number of nitrogens with zero attached hydrogens (tertiary/aromatic N) is 3. The minimum Gasteiger partial charge on any atom is -0.357 e. The number of likely N-dealkylation sites (N-methyl/N-ethyl adjacent to an activating group) is 2. The second kappa shape index (κ2) is 8.89. The lowest BCUT2D eigenvalue weighted by Crippen LogP contribution is -2.55. The molecule has 1 atom stereocenters. The summed E-state index contributed by atoms with van der Waals surface area (Å²) < 4.78 is 0. The van der Waals surface area contributed by atoms with Crippen molar-refractivity contribution < 1.29 is 0 Å². The van der Waals surface area contributed by atoms with Crippen LogP contribution in [0, 0.1) is 6.92 Å². The Morgan fingerprint density at radius 1 is 1.17 bits per heavy atom. The molecule has 0 spiro atoms. The summed E-state index contributed by atoms with van der Waals surface area (Å²) in [7, 11) is 4.40. The number of piperazine rings is 1. The van der Waals surface area contributed by atoms with Gasteiger partial charge in [-0.05, 0) is 33.5 Å². The fourth-order valence-electron chi connectivity index (χ4n) is 2.74. The Bertz CT molecular complexity index is 497. The molecule has 23 heavy (non-hydrogen) atoms. The standard InChI is InChI=1S/C18H31N5/c1-5-19-18(20-12-16-8-6-15(2)7-9-16)21-13-17-14-22(3)10-11-23(17)4/h6-9,17H,5,10-14H2,1-4H3,(H2,19,20,21). The first-order valence-corrected chi connectivity index (χ1v) is 8.55. The van der Waals surface area contributed by atoms with Crippen molar-refractivity contribution >= 4 is 5.96 Å². The van der Waals surface area contributed by atoms with E-state index in [-0.39, 0.29) is 0 Å². The van der Waals surface area contributed by atoms with Gasteiger partial charge in [0, 0.05) is 38.8 Å². The lowest BCUT2D eigenvalue weighted by Gasteiger charge is -2.37. The van der Waals surface area contributed by atoms with Crippen molar-refractivity contribution in [3.05, 3.63) is 35.4 Å². The van der Waals surface area contributed by atoms with Gasteiger partial charge >= 0.3 is 0 Å².